The van der Waals surface area contributed by atoms with Crippen molar-refractivity contribution >= 4 is 5.91 Å². The number of nitrogens with zero attached hydrogens (tertiary/aromatic N) is 2. The number of carbonyl (C=O) groups is 1. The smallest absolute Gasteiger partial charge is 0.289 e. The van der Waals surface area contributed by atoms with E-state index < -0.39 is 0 Å². The van der Waals surface area contributed by atoms with Gasteiger partial charge in [-0.3, -0.25) is 9.69 Å². The number of nitrogens with one attached hydrogen (secondary N) is 1. The quantitative estimate of drug-likeness (QED) is 0.873. The van der Waals surface area contributed by atoms with Crippen LogP contribution in [0.15, 0.2) is 40.9 Å². The second kappa shape index (κ2) is 7.80. The third-order valence-electron chi connectivity index (χ3n) is 4.97. The Kier molecular flexibility index (Phi) is 5.50. The highest BCUT2D eigenvalue weighted by molar-refractivity contribution is 5.92. The first-order valence-corrected chi connectivity index (χ1v) is 8.75. The van der Waals surface area contributed by atoms with Gasteiger partial charge < -0.3 is 14.6 Å². The summed E-state index contributed by atoms with van der Waals surface area (Å²) in [5.74, 6) is 0.00176. The first-order valence-electron chi connectivity index (χ1n) is 8.75. The number of carbonyl (C=O) groups excluding carboxylic acids is 1. The minimum absolute atomic E-state index is 0.0955. The van der Waals surface area contributed by atoms with Gasteiger partial charge in [-0.05, 0) is 13.3 Å². The highest BCUT2D eigenvalue weighted by Gasteiger charge is 2.32. The summed E-state index contributed by atoms with van der Waals surface area (Å²) >= 11 is 0. The Bertz CT molecular complexity index is 695. The van der Waals surface area contributed by atoms with Crippen LogP contribution in [-0.4, -0.2) is 54.4 Å². The van der Waals surface area contributed by atoms with Gasteiger partial charge in [0.25, 0.3) is 5.91 Å². The minimum atomic E-state index is -0.234. The summed E-state index contributed by atoms with van der Waals surface area (Å²) in [6.45, 7) is 8.14. The molecule has 25 heavy (non-hydrogen) atoms. The fourth-order valence-corrected chi connectivity index (χ4v) is 3.05. The number of benzene rings is 1. The van der Waals surface area contributed by atoms with Crippen molar-refractivity contribution in [2.75, 3.05) is 32.8 Å². The van der Waals surface area contributed by atoms with E-state index in [1.807, 2.05) is 30.3 Å². The number of rotatable bonds is 6. The molecule has 0 aliphatic carbocycles. The molecule has 6 heteroatoms. The summed E-state index contributed by atoms with van der Waals surface area (Å²) in [5, 5.41) is 7.00. The molecule has 134 valence electrons. The third-order valence-corrected chi connectivity index (χ3v) is 4.97. The van der Waals surface area contributed by atoms with Gasteiger partial charge in [-0.1, -0.05) is 42.4 Å². The zero-order chi connectivity index (χ0) is 17.7. The second-order valence-corrected chi connectivity index (χ2v) is 6.58. The number of aromatic nitrogens is 1. The molecule has 1 aliphatic rings. The normalized spacial score (nSPS) is 17.8. The number of amides is 1. The van der Waals surface area contributed by atoms with E-state index in [0.29, 0.717) is 12.2 Å². The Morgan fingerprint density at radius 1 is 1.28 bits per heavy atom. The molecule has 0 spiro atoms. The van der Waals surface area contributed by atoms with Crippen molar-refractivity contribution < 1.29 is 14.1 Å². The van der Waals surface area contributed by atoms with Gasteiger partial charge in [0.05, 0.1) is 13.2 Å². The zero-order valence-electron chi connectivity index (χ0n) is 14.8. The van der Waals surface area contributed by atoms with Gasteiger partial charge in [0, 0.05) is 36.8 Å². The summed E-state index contributed by atoms with van der Waals surface area (Å²) in [6.07, 6.45) is 0.943. The predicted octanol–water partition coefficient (Wildman–Crippen LogP) is 2.57. The monoisotopic (exact) mass is 343 g/mol. The molecule has 1 aromatic heterocycles. The van der Waals surface area contributed by atoms with Crippen LogP contribution in [0.25, 0.3) is 11.3 Å². The van der Waals surface area contributed by atoms with Crippen molar-refractivity contribution in [1.29, 1.82) is 0 Å². The van der Waals surface area contributed by atoms with Crippen LogP contribution in [0.1, 0.15) is 30.8 Å². The maximum Gasteiger partial charge on any atom is 0.289 e. The molecule has 1 N–H and O–H groups in total. The van der Waals surface area contributed by atoms with Gasteiger partial charge in [-0.15, -0.1) is 0 Å². The molecular formula is C19H25N3O3. The van der Waals surface area contributed by atoms with E-state index in [1.54, 1.807) is 6.07 Å². The SMILES string of the molecule is CC[C@](C)(CNC(=O)c1cc(-c2ccccc2)no1)N1CCOCC1. The molecular weight excluding hydrogens is 318 g/mol. The highest BCUT2D eigenvalue weighted by atomic mass is 16.5. The van der Waals surface area contributed by atoms with Crippen molar-refractivity contribution in [2.24, 2.45) is 0 Å². The molecule has 1 amide bonds. The fraction of sp³-hybridized carbons (Fsp3) is 0.474. The van der Waals surface area contributed by atoms with Crippen LogP contribution < -0.4 is 5.32 Å². The van der Waals surface area contributed by atoms with Crippen molar-refractivity contribution in [1.82, 2.24) is 15.4 Å². The fourth-order valence-electron chi connectivity index (χ4n) is 3.05. The maximum atomic E-state index is 12.4. The average molecular weight is 343 g/mol. The number of hydrogen-bond donors (Lipinski definition) is 1. The van der Waals surface area contributed by atoms with Gasteiger partial charge >= 0.3 is 0 Å². The highest BCUT2D eigenvalue weighted by Crippen LogP contribution is 2.21. The summed E-state index contributed by atoms with van der Waals surface area (Å²) in [7, 11) is 0. The lowest BCUT2D eigenvalue weighted by Crippen LogP contribution is -2.56. The zero-order valence-corrected chi connectivity index (χ0v) is 14.8. The van der Waals surface area contributed by atoms with Crippen LogP contribution in [0.5, 0.6) is 0 Å². The number of ether oxygens (including phenoxy) is 1. The van der Waals surface area contributed by atoms with Crippen LogP contribution in [-0.2, 0) is 4.74 Å². The molecule has 1 aromatic carbocycles. The molecule has 1 fully saturated rings. The Balaban J connectivity index is 1.63. The van der Waals surface area contributed by atoms with Gasteiger partial charge in [-0.25, -0.2) is 0 Å². The second-order valence-electron chi connectivity index (χ2n) is 6.58. The van der Waals surface area contributed by atoms with Crippen LogP contribution in [0.4, 0.5) is 0 Å². The molecule has 1 atom stereocenters. The summed E-state index contributed by atoms with van der Waals surface area (Å²) < 4.78 is 10.7. The maximum absolute atomic E-state index is 12.4. The van der Waals surface area contributed by atoms with Gasteiger partial charge in [0.15, 0.2) is 0 Å². The molecule has 1 aliphatic heterocycles. The first-order chi connectivity index (χ1) is 12.1. The Morgan fingerprint density at radius 3 is 2.68 bits per heavy atom. The number of hydrogen-bond acceptors (Lipinski definition) is 5. The molecule has 6 nitrogen and oxygen atoms in total. The molecule has 2 aromatic rings. The molecule has 3 rings (SSSR count). The van der Waals surface area contributed by atoms with Crippen molar-refractivity contribution in [3.8, 4) is 11.3 Å². The minimum Gasteiger partial charge on any atom is -0.379 e. The Labute approximate surface area is 148 Å². The van der Waals surface area contributed by atoms with E-state index in [2.05, 4.69) is 29.2 Å². The largest absolute Gasteiger partial charge is 0.379 e. The van der Waals surface area contributed by atoms with E-state index in [1.165, 1.54) is 0 Å². The lowest BCUT2D eigenvalue weighted by atomic mass is 9.95. The standard InChI is InChI=1S/C19H25N3O3/c1-3-19(2,22-9-11-24-12-10-22)14-20-18(23)17-13-16(21-25-17)15-7-5-4-6-8-15/h4-8,13H,3,9-12,14H2,1-2H3,(H,20,23)/t19-/m1/s1. The topological polar surface area (TPSA) is 67.6 Å². The van der Waals surface area contributed by atoms with E-state index in [-0.39, 0.29) is 17.2 Å². The van der Waals surface area contributed by atoms with E-state index in [9.17, 15) is 4.79 Å². The lowest BCUT2D eigenvalue weighted by Gasteiger charge is -2.42. The molecule has 0 radical (unpaired) electrons. The number of morpholine rings is 1. The van der Waals surface area contributed by atoms with Crippen molar-refractivity contribution in [3.63, 3.8) is 0 Å². The van der Waals surface area contributed by atoms with Gasteiger partial charge in [0.1, 0.15) is 5.69 Å². The van der Waals surface area contributed by atoms with Crippen molar-refractivity contribution in [2.45, 2.75) is 25.8 Å². The molecule has 0 saturated carbocycles. The molecule has 0 bridgehead atoms. The van der Waals surface area contributed by atoms with Crippen LogP contribution in [0.3, 0.4) is 0 Å². The Morgan fingerprint density at radius 2 is 2.00 bits per heavy atom. The van der Waals surface area contributed by atoms with Crippen LogP contribution in [0.2, 0.25) is 0 Å². The molecule has 1 saturated heterocycles. The lowest BCUT2D eigenvalue weighted by molar-refractivity contribution is -0.0170. The van der Waals surface area contributed by atoms with Crippen molar-refractivity contribution in [3.05, 3.63) is 42.2 Å². The molecule has 2 heterocycles. The Hall–Kier alpha value is -2.18. The summed E-state index contributed by atoms with van der Waals surface area (Å²) in [5.41, 5.74) is 1.50. The molecule has 0 unspecified atom stereocenters. The summed E-state index contributed by atoms with van der Waals surface area (Å²) in [4.78, 5) is 14.8. The van der Waals surface area contributed by atoms with E-state index in [0.717, 1.165) is 38.3 Å². The van der Waals surface area contributed by atoms with E-state index >= 15 is 0 Å². The van der Waals surface area contributed by atoms with Crippen LogP contribution in [0, 0.1) is 0 Å². The van der Waals surface area contributed by atoms with E-state index in [4.69, 9.17) is 9.26 Å². The average Bonchev–Trinajstić information content (AvgIpc) is 3.17. The summed E-state index contributed by atoms with van der Waals surface area (Å²) in [6, 6.07) is 11.4. The van der Waals surface area contributed by atoms with Gasteiger partial charge in [0.2, 0.25) is 5.76 Å². The van der Waals surface area contributed by atoms with Gasteiger partial charge in [-0.2, -0.15) is 0 Å². The first kappa shape index (κ1) is 17.6. The third kappa shape index (κ3) is 4.08. The van der Waals surface area contributed by atoms with Crippen LogP contribution >= 0.6 is 0 Å². The predicted molar refractivity (Wildman–Crippen MR) is 95.4 cm³/mol.